The molecule has 13 heteroatoms. The number of halogens is 3. The minimum absolute atomic E-state index is 0.114. The number of ether oxygens (including phenoxy) is 1. The summed E-state index contributed by atoms with van der Waals surface area (Å²) in [6, 6.07) is 13.6. The van der Waals surface area contributed by atoms with E-state index in [0.29, 0.717) is 17.9 Å². The number of benzene rings is 2. The van der Waals surface area contributed by atoms with Crippen molar-refractivity contribution in [2.75, 3.05) is 13.1 Å². The van der Waals surface area contributed by atoms with Crippen LogP contribution in [0.25, 0.3) is 5.65 Å². The van der Waals surface area contributed by atoms with Crippen LogP contribution < -0.4 is 11.0 Å². The lowest BCUT2D eigenvalue weighted by Gasteiger charge is -2.35. The van der Waals surface area contributed by atoms with Crippen molar-refractivity contribution in [1.29, 1.82) is 0 Å². The number of rotatable bonds is 10. The number of aryl methyl sites for hydroxylation is 1. The van der Waals surface area contributed by atoms with Gasteiger partial charge in [0.25, 0.3) is 5.91 Å². The molecule has 240 valence electrons. The van der Waals surface area contributed by atoms with Crippen LogP contribution in [0.1, 0.15) is 74.5 Å². The Morgan fingerprint density at radius 3 is 2.36 bits per heavy atom. The maximum atomic E-state index is 14.4. The van der Waals surface area contributed by atoms with Crippen molar-refractivity contribution >= 4 is 52.5 Å². The fourth-order valence-electron chi connectivity index (χ4n) is 4.99. The van der Waals surface area contributed by atoms with E-state index in [1.54, 1.807) is 50.8 Å². The van der Waals surface area contributed by atoms with Gasteiger partial charge in [0.2, 0.25) is 0 Å². The quantitative estimate of drug-likeness (QED) is 0.182. The van der Waals surface area contributed by atoms with Gasteiger partial charge in [-0.3, -0.25) is 9.36 Å². The molecule has 4 aromatic rings. The zero-order valence-corrected chi connectivity index (χ0v) is 28.4. The van der Waals surface area contributed by atoms with E-state index in [4.69, 9.17) is 44.5 Å². The molecule has 1 unspecified atom stereocenters. The normalized spacial score (nSPS) is 12.4. The highest BCUT2D eigenvalue weighted by atomic mass is 35.5. The first-order valence-corrected chi connectivity index (χ1v) is 15.7. The molecule has 2 aromatic heterocycles. The highest BCUT2D eigenvalue weighted by Gasteiger charge is 2.34. The van der Waals surface area contributed by atoms with Gasteiger partial charge in [0.15, 0.2) is 5.65 Å². The molecule has 1 N–H and O–H groups in total. The molecule has 2 amide bonds. The summed E-state index contributed by atoms with van der Waals surface area (Å²) < 4.78 is 8.06. The molecular weight excluding hydrogens is 639 g/mol. The van der Waals surface area contributed by atoms with Gasteiger partial charge in [-0.25, -0.2) is 14.6 Å². The summed E-state index contributed by atoms with van der Waals surface area (Å²) in [4.78, 5) is 47.2. The van der Waals surface area contributed by atoms with Crippen LogP contribution in [0, 0.1) is 12.8 Å². The van der Waals surface area contributed by atoms with Crippen molar-refractivity contribution in [2.24, 2.45) is 5.92 Å². The maximum absolute atomic E-state index is 14.4. The fraction of sp³-hybridized carbons (Fsp3) is 0.406. The van der Waals surface area contributed by atoms with E-state index in [1.165, 1.54) is 9.08 Å². The summed E-state index contributed by atoms with van der Waals surface area (Å²) in [5.41, 5.74) is 0.613. The minimum Gasteiger partial charge on any atom is -0.444 e. The molecule has 4 rings (SSSR count). The lowest BCUT2D eigenvalue weighted by molar-refractivity contribution is 0.0519. The topological polar surface area (TPSA) is 111 Å². The molecule has 0 aliphatic carbocycles. The summed E-state index contributed by atoms with van der Waals surface area (Å²) in [5.74, 6) is -0.306. The second-order valence-corrected chi connectivity index (χ2v) is 13.2. The van der Waals surface area contributed by atoms with E-state index in [0.717, 1.165) is 5.56 Å². The molecule has 0 aliphatic heterocycles. The molecule has 2 aromatic carbocycles. The van der Waals surface area contributed by atoms with Gasteiger partial charge in [0.05, 0.1) is 33.9 Å². The Morgan fingerprint density at radius 2 is 1.71 bits per heavy atom. The first-order valence-electron chi connectivity index (χ1n) is 14.6. The number of fused-ring (bicyclic) bond motifs is 1. The largest absolute Gasteiger partial charge is 0.444 e. The van der Waals surface area contributed by atoms with Gasteiger partial charge in [-0.05, 0) is 57.7 Å². The Kier molecular flexibility index (Phi) is 10.8. The van der Waals surface area contributed by atoms with Crippen LogP contribution in [-0.4, -0.2) is 54.8 Å². The van der Waals surface area contributed by atoms with Crippen molar-refractivity contribution in [3.05, 3.63) is 96.7 Å². The predicted octanol–water partition coefficient (Wildman–Crippen LogP) is 6.96. The number of nitrogens with one attached hydrogen (secondary N) is 1. The van der Waals surface area contributed by atoms with Crippen molar-refractivity contribution in [3.63, 3.8) is 0 Å². The zero-order valence-electron chi connectivity index (χ0n) is 26.1. The Labute approximate surface area is 277 Å². The lowest BCUT2D eigenvalue weighted by atomic mass is 9.99. The summed E-state index contributed by atoms with van der Waals surface area (Å²) in [5, 5.41) is 7.68. The third-order valence-electron chi connectivity index (χ3n) is 6.98. The first-order chi connectivity index (χ1) is 21.2. The van der Waals surface area contributed by atoms with Gasteiger partial charge in [-0.1, -0.05) is 85.0 Å². The molecule has 2 heterocycles. The summed E-state index contributed by atoms with van der Waals surface area (Å²) >= 11 is 19.4. The Balaban J connectivity index is 1.84. The highest BCUT2D eigenvalue weighted by Crippen LogP contribution is 2.33. The number of amides is 2. The number of nitrogens with zero attached hydrogens (tertiary/aromatic N) is 5. The van der Waals surface area contributed by atoms with Gasteiger partial charge >= 0.3 is 11.8 Å². The SMILES string of the molecule is Cc1nn2c(=O)n(Cc3ccccc3)c(C(C(C)C)N(CCCNC(=O)OC(C)(C)C)C(=O)c3cccc(Cl)c3Cl)nc2c1Cl. The number of alkyl carbamates (subject to hydrolysis) is 1. The molecule has 0 fully saturated rings. The molecule has 0 radical (unpaired) electrons. The molecular formula is C32H37Cl3N6O4. The fourth-order valence-corrected chi connectivity index (χ4v) is 5.53. The number of hydrogen-bond acceptors (Lipinski definition) is 6. The molecule has 1 atom stereocenters. The average molecular weight is 676 g/mol. The van der Waals surface area contributed by atoms with Gasteiger partial charge in [0.1, 0.15) is 16.4 Å². The van der Waals surface area contributed by atoms with E-state index < -0.39 is 29.3 Å². The Hall–Kier alpha value is -3.60. The van der Waals surface area contributed by atoms with E-state index in [9.17, 15) is 14.4 Å². The van der Waals surface area contributed by atoms with Crippen LogP contribution in [-0.2, 0) is 11.3 Å². The van der Waals surface area contributed by atoms with Crippen LogP contribution in [0.3, 0.4) is 0 Å². The van der Waals surface area contributed by atoms with Crippen LogP contribution in [0.4, 0.5) is 4.79 Å². The number of carbonyl (C=O) groups is 2. The monoisotopic (exact) mass is 674 g/mol. The van der Waals surface area contributed by atoms with Crippen molar-refractivity contribution in [2.45, 2.75) is 66.2 Å². The average Bonchev–Trinajstić information content (AvgIpc) is 3.25. The molecule has 0 saturated heterocycles. The second kappa shape index (κ2) is 14.2. The van der Waals surface area contributed by atoms with E-state index in [2.05, 4.69) is 10.4 Å². The third kappa shape index (κ3) is 7.98. The van der Waals surface area contributed by atoms with Gasteiger partial charge < -0.3 is 15.0 Å². The van der Waals surface area contributed by atoms with Crippen LogP contribution in [0.15, 0.2) is 53.3 Å². The third-order valence-corrected chi connectivity index (χ3v) is 8.24. The number of carbonyl (C=O) groups excluding carboxylic acids is 2. The van der Waals surface area contributed by atoms with Gasteiger partial charge in [-0.15, -0.1) is 0 Å². The summed E-state index contributed by atoms with van der Waals surface area (Å²) in [6.45, 7) is 11.5. The molecule has 0 saturated carbocycles. The van der Waals surface area contributed by atoms with Crippen LogP contribution >= 0.6 is 34.8 Å². The molecule has 0 aliphatic rings. The van der Waals surface area contributed by atoms with Gasteiger partial charge in [0, 0.05) is 13.1 Å². The van der Waals surface area contributed by atoms with Crippen LogP contribution in [0.2, 0.25) is 15.1 Å². The number of aromatic nitrogens is 4. The lowest BCUT2D eigenvalue weighted by Crippen LogP contribution is -2.44. The Bertz CT molecular complexity index is 1750. The number of hydrogen-bond donors (Lipinski definition) is 1. The standard InChI is InChI=1S/C32H37Cl3N6O4/c1-19(2)26(28-37-27-24(34)20(3)38-41(27)31(44)40(28)18-21-12-8-7-9-13-21)39(17-11-16-36-30(43)45-32(4,5)6)29(42)22-14-10-15-23(33)25(22)35/h7-10,12-15,19,26H,11,16-18H2,1-6H3,(H,36,43). The highest BCUT2D eigenvalue weighted by molar-refractivity contribution is 6.43. The summed E-state index contributed by atoms with van der Waals surface area (Å²) in [7, 11) is 0. The Morgan fingerprint density at radius 1 is 1.02 bits per heavy atom. The van der Waals surface area contributed by atoms with Crippen LogP contribution in [0.5, 0.6) is 0 Å². The molecule has 10 nitrogen and oxygen atoms in total. The molecule has 0 spiro atoms. The first kappa shape index (κ1) is 34.3. The second-order valence-electron chi connectivity index (χ2n) is 12.0. The van der Waals surface area contributed by atoms with E-state index in [-0.39, 0.29) is 51.8 Å². The molecule has 45 heavy (non-hydrogen) atoms. The van der Waals surface area contributed by atoms with Gasteiger partial charge in [-0.2, -0.15) is 9.61 Å². The van der Waals surface area contributed by atoms with Crippen molar-refractivity contribution < 1.29 is 14.3 Å². The van der Waals surface area contributed by atoms with Crippen molar-refractivity contribution in [3.8, 4) is 0 Å². The smallest absolute Gasteiger partial charge is 0.407 e. The maximum Gasteiger partial charge on any atom is 0.407 e. The van der Waals surface area contributed by atoms with Crippen molar-refractivity contribution in [1.82, 2.24) is 29.4 Å². The van der Waals surface area contributed by atoms with E-state index in [1.807, 2.05) is 44.2 Å². The van der Waals surface area contributed by atoms with E-state index >= 15 is 0 Å². The predicted molar refractivity (Wildman–Crippen MR) is 176 cm³/mol. The minimum atomic E-state index is -0.721. The molecule has 0 bridgehead atoms. The summed E-state index contributed by atoms with van der Waals surface area (Å²) in [6.07, 6.45) is -0.197. The zero-order chi connectivity index (χ0) is 33.1.